The van der Waals surface area contributed by atoms with Gasteiger partial charge in [-0.05, 0) is 30.9 Å². The van der Waals surface area contributed by atoms with Gasteiger partial charge in [0.05, 0.1) is 18.1 Å². The van der Waals surface area contributed by atoms with Crippen molar-refractivity contribution in [3.63, 3.8) is 0 Å². The van der Waals surface area contributed by atoms with Crippen LogP contribution in [0.15, 0.2) is 24.5 Å². The Hall–Kier alpha value is -1.44. The van der Waals surface area contributed by atoms with E-state index in [4.69, 9.17) is 0 Å². The SMILES string of the molecule is Cc1cccn2c(CN[C@H]3CCN(S(C)(=O)=O)C[C@@H]3C)cnc12. The van der Waals surface area contributed by atoms with Gasteiger partial charge in [0.2, 0.25) is 10.0 Å². The number of aryl methyl sites for hydroxylation is 1. The zero-order chi connectivity index (χ0) is 16.6. The molecule has 1 aliphatic heterocycles. The van der Waals surface area contributed by atoms with Crippen molar-refractivity contribution < 1.29 is 8.42 Å². The molecule has 2 aromatic rings. The summed E-state index contributed by atoms with van der Waals surface area (Å²) in [5.74, 6) is 0.291. The van der Waals surface area contributed by atoms with Crippen LogP contribution in [0.5, 0.6) is 0 Å². The van der Waals surface area contributed by atoms with E-state index in [1.165, 1.54) is 6.26 Å². The molecule has 2 atom stereocenters. The number of imidazole rings is 1. The highest BCUT2D eigenvalue weighted by Crippen LogP contribution is 2.19. The van der Waals surface area contributed by atoms with Crippen molar-refractivity contribution in [3.05, 3.63) is 35.8 Å². The van der Waals surface area contributed by atoms with Gasteiger partial charge in [0.15, 0.2) is 0 Å². The molecule has 1 N–H and O–H groups in total. The molecule has 1 saturated heterocycles. The third kappa shape index (κ3) is 3.41. The molecule has 0 saturated carbocycles. The highest BCUT2D eigenvalue weighted by molar-refractivity contribution is 7.88. The summed E-state index contributed by atoms with van der Waals surface area (Å²) >= 11 is 0. The number of hydrogen-bond donors (Lipinski definition) is 1. The fourth-order valence-electron chi connectivity index (χ4n) is 3.28. The van der Waals surface area contributed by atoms with Gasteiger partial charge in [0.1, 0.15) is 5.65 Å². The predicted molar refractivity (Wildman–Crippen MR) is 90.8 cm³/mol. The van der Waals surface area contributed by atoms with Gasteiger partial charge in [-0.15, -0.1) is 0 Å². The quantitative estimate of drug-likeness (QED) is 0.916. The summed E-state index contributed by atoms with van der Waals surface area (Å²) in [4.78, 5) is 4.48. The maximum atomic E-state index is 11.7. The van der Waals surface area contributed by atoms with Crippen molar-refractivity contribution in [1.82, 2.24) is 19.0 Å². The van der Waals surface area contributed by atoms with E-state index in [1.54, 1.807) is 4.31 Å². The van der Waals surface area contributed by atoms with Crippen molar-refractivity contribution in [1.29, 1.82) is 0 Å². The number of piperidine rings is 1. The molecule has 2 aromatic heterocycles. The van der Waals surface area contributed by atoms with Crippen molar-refractivity contribution in [2.75, 3.05) is 19.3 Å². The van der Waals surface area contributed by atoms with E-state index < -0.39 is 10.0 Å². The molecule has 0 radical (unpaired) electrons. The van der Waals surface area contributed by atoms with Crippen molar-refractivity contribution >= 4 is 15.7 Å². The predicted octanol–water partition coefficient (Wildman–Crippen LogP) is 1.40. The number of aromatic nitrogens is 2. The lowest BCUT2D eigenvalue weighted by Crippen LogP contribution is -2.49. The second-order valence-corrected chi connectivity index (χ2v) is 8.49. The summed E-state index contributed by atoms with van der Waals surface area (Å²) < 4.78 is 27.0. The van der Waals surface area contributed by atoms with E-state index in [1.807, 2.05) is 18.5 Å². The normalized spacial score (nSPS) is 23.4. The Balaban J connectivity index is 1.66. The number of hydrogen-bond acceptors (Lipinski definition) is 4. The molecule has 0 spiro atoms. The van der Waals surface area contributed by atoms with Crippen LogP contribution in [0.3, 0.4) is 0 Å². The second-order valence-electron chi connectivity index (χ2n) is 6.51. The Bertz CT molecular complexity index is 800. The minimum absolute atomic E-state index is 0.291. The average Bonchev–Trinajstić information content (AvgIpc) is 2.89. The van der Waals surface area contributed by atoms with Gasteiger partial charge in [0.25, 0.3) is 0 Å². The third-order valence-corrected chi connectivity index (χ3v) is 5.96. The lowest BCUT2D eigenvalue weighted by Gasteiger charge is -2.36. The van der Waals surface area contributed by atoms with Gasteiger partial charge in [0, 0.05) is 31.9 Å². The first-order valence-corrected chi connectivity index (χ1v) is 9.81. The largest absolute Gasteiger partial charge is 0.308 e. The van der Waals surface area contributed by atoms with Crippen LogP contribution in [-0.2, 0) is 16.6 Å². The van der Waals surface area contributed by atoms with Crippen molar-refractivity contribution in [3.8, 4) is 0 Å². The van der Waals surface area contributed by atoms with E-state index >= 15 is 0 Å². The summed E-state index contributed by atoms with van der Waals surface area (Å²) in [7, 11) is -3.08. The first-order valence-electron chi connectivity index (χ1n) is 7.96. The lowest BCUT2D eigenvalue weighted by molar-refractivity contribution is 0.219. The van der Waals surface area contributed by atoms with E-state index in [0.717, 1.165) is 29.9 Å². The summed E-state index contributed by atoms with van der Waals surface area (Å²) in [6.07, 6.45) is 6.06. The van der Waals surface area contributed by atoms with Gasteiger partial charge in [-0.25, -0.2) is 17.7 Å². The van der Waals surface area contributed by atoms with Gasteiger partial charge < -0.3 is 9.72 Å². The van der Waals surface area contributed by atoms with E-state index in [9.17, 15) is 8.42 Å². The number of nitrogens with one attached hydrogen (secondary N) is 1. The maximum Gasteiger partial charge on any atom is 0.211 e. The average molecular weight is 336 g/mol. The molecule has 3 heterocycles. The molecule has 23 heavy (non-hydrogen) atoms. The molecule has 0 aliphatic carbocycles. The zero-order valence-electron chi connectivity index (χ0n) is 13.9. The van der Waals surface area contributed by atoms with Gasteiger partial charge in [-0.1, -0.05) is 13.0 Å². The van der Waals surface area contributed by atoms with Crippen LogP contribution in [0.1, 0.15) is 24.6 Å². The Morgan fingerprint density at radius 1 is 1.43 bits per heavy atom. The standard InChI is InChI=1S/C16H24N4O2S/c1-12-5-4-7-20-14(10-18-16(12)20)9-17-15-6-8-19(11-13(15)2)23(3,21)22/h4-5,7,10,13,15,17H,6,8-9,11H2,1-3H3/t13-,15-/m0/s1. The Kier molecular flexibility index (Phi) is 4.44. The number of pyridine rings is 1. The molecule has 126 valence electrons. The first-order chi connectivity index (χ1) is 10.9. The van der Waals surface area contributed by atoms with Crippen LogP contribution in [0.25, 0.3) is 5.65 Å². The zero-order valence-corrected chi connectivity index (χ0v) is 14.7. The number of nitrogens with zero attached hydrogens (tertiary/aromatic N) is 3. The fraction of sp³-hybridized carbons (Fsp3) is 0.562. The molecule has 1 fully saturated rings. The Morgan fingerprint density at radius 2 is 2.22 bits per heavy atom. The van der Waals surface area contributed by atoms with Crippen LogP contribution < -0.4 is 5.32 Å². The second kappa shape index (κ2) is 6.22. The maximum absolute atomic E-state index is 11.7. The number of sulfonamides is 1. The van der Waals surface area contributed by atoms with Crippen molar-refractivity contribution in [2.24, 2.45) is 5.92 Å². The fourth-order valence-corrected chi connectivity index (χ4v) is 4.22. The molecule has 0 amide bonds. The Morgan fingerprint density at radius 3 is 2.91 bits per heavy atom. The van der Waals surface area contributed by atoms with Crippen molar-refractivity contribution in [2.45, 2.75) is 32.9 Å². The molecule has 0 aromatic carbocycles. The number of fused-ring (bicyclic) bond motifs is 1. The summed E-state index contributed by atoms with van der Waals surface area (Å²) in [5, 5.41) is 3.58. The molecule has 0 unspecified atom stereocenters. The molecular weight excluding hydrogens is 312 g/mol. The summed E-state index contributed by atoms with van der Waals surface area (Å²) in [6, 6.07) is 4.41. The molecule has 0 bridgehead atoms. The van der Waals surface area contributed by atoms with Gasteiger partial charge >= 0.3 is 0 Å². The van der Waals surface area contributed by atoms with Crippen LogP contribution in [-0.4, -0.2) is 47.5 Å². The minimum atomic E-state index is -3.08. The van der Waals surface area contributed by atoms with E-state index in [2.05, 4.69) is 34.6 Å². The van der Waals surface area contributed by atoms with Gasteiger partial charge in [-0.3, -0.25) is 0 Å². The lowest BCUT2D eigenvalue weighted by atomic mass is 9.95. The molecular formula is C16H24N4O2S. The topological polar surface area (TPSA) is 66.7 Å². The summed E-state index contributed by atoms with van der Waals surface area (Å²) in [5.41, 5.74) is 3.28. The van der Waals surface area contributed by atoms with E-state index in [0.29, 0.717) is 25.0 Å². The monoisotopic (exact) mass is 336 g/mol. The van der Waals surface area contributed by atoms with Gasteiger partial charge in [-0.2, -0.15) is 0 Å². The number of rotatable bonds is 4. The van der Waals surface area contributed by atoms with Crippen LogP contribution in [0.4, 0.5) is 0 Å². The smallest absolute Gasteiger partial charge is 0.211 e. The molecule has 1 aliphatic rings. The van der Waals surface area contributed by atoms with Crippen LogP contribution >= 0.6 is 0 Å². The minimum Gasteiger partial charge on any atom is -0.308 e. The van der Waals surface area contributed by atoms with Crippen LogP contribution in [0, 0.1) is 12.8 Å². The first kappa shape index (κ1) is 16.4. The molecule has 3 rings (SSSR count). The molecule has 6 nitrogen and oxygen atoms in total. The third-order valence-electron chi connectivity index (χ3n) is 4.69. The molecule has 7 heteroatoms. The van der Waals surface area contributed by atoms with E-state index in [-0.39, 0.29) is 0 Å². The highest BCUT2D eigenvalue weighted by atomic mass is 32.2. The summed E-state index contributed by atoms with van der Waals surface area (Å²) in [6.45, 7) is 6.07. The Labute approximate surface area is 137 Å². The van der Waals surface area contributed by atoms with Crippen LogP contribution in [0.2, 0.25) is 0 Å². The highest BCUT2D eigenvalue weighted by Gasteiger charge is 2.30.